The van der Waals surface area contributed by atoms with Crippen molar-refractivity contribution >= 4 is 40.4 Å². The molecule has 9 heteroatoms. The standard InChI is InChI=1S/C31H42N4O5/c36-19-7-3-1-5-17-32-23-9-13-25(14-10-23)34-30-27(22-38)31(29(40)21-28(30)39)35-26-15-11-24(12-16-26)33-18-6-2-4-8-20-37/h9-16,21-22,32-37,39-40H,1-8,17-20H2. The number of carbonyl (C=O) groups is 1. The third-order valence-electron chi connectivity index (χ3n) is 6.58. The summed E-state index contributed by atoms with van der Waals surface area (Å²) in [6, 6.07) is 16.3. The lowest BCUT2D eigenvalue weighted by Crippen LogP contribution is -2.04. The van der Waals surface area contributed by atoms with Gasteiger partial charge < -0.3 is 41.7 Å². The van der Waals surface area contributed by atoms with Crippen LogP contribution in [0.15, 0.2) is 54.6 Å². The fourth-order valence-electron chi connectivity index (χ4n) is 4.33. The largest absolute Gasteiger partial charge is 0.506 e. The monoisotopic (exact) mass is 550 g/mol. The van der Waals surface area contributed by atoms with Gasteiger partial charge >= 0.3 is 0 Å². The predicted molar refractivity (Wildman–Crippen MR) is 163 cm³/mol. The maximum absolute atomic E-state index is 12.1. The normalized spacial score (nSPS) is 10.8. The molecule has 40 heavy (non-hydrogen) atoms. The van der Waals surface area contributed by atoms with Crippen molar-refractivity contribution in [2.24, 2.45) is 0 Å². The van der Waals surface area contributed by atoms with Gasteiger partial charge in [0.15, 0.2) is 6.29 Å². The smallest absolute Gasteiger partial charge is 0.154 e. The van der Waals surface area contributed by atoms with E-state index in [2.05, 4.69) is 21.3 Å². The van der Waals surface area contributed by atoms with E-state index < -0.39 is 0 Å². The van der Waals surface area contributed by atoms with Gasteiger partial charge in [-0.25, -0.2) is 0 Å². The van der Waals surface area contributed by atoms with Gasteiger partial charge in [-0.05, 0) is 74.2 Å². The van der Waals surface area contributed by atoms with Crippen LogP contribution in [-0.4, -0.2) is 53.0 Å². The molecule has 0 amide bonds. The fourth-order valence-corrected chi connectivity index (χ4v) is 4.33. The molecule has 0 saturated heterocycles. The van der Waals surface area contributed by atoms with Gasteiger partial charge in [0.25, 0.3) is 0 Å². The van der Waals surface area contributed by atoms with Gasteiger partial charge in [-0.3, -0.25) is 4.79 Å². The van der Waals surface area contributed by atoms with E-state index >= 15 is 0 Å². The first-order valence-electron chi connectivity index (χ1n) is 14.0. The zero-order valence-electron chi connectivity index (χ0n) is 23.0. The molecule has 0 atom stereocenters. The zero-order valence-corrected chi connectivity index (χ0v) is 23.0. The van der Waals surface area contributed by atoms with E-state index in [0.29, 0.717) is 17.7 Å². The van der Waals surface area contributed by atoms with Crippen molar-refractivity contribution < 1.29 is 25.2 Å². The molecule has 8 N–H and O–H groups in total. The van der Waals surface area contributed by atoms with E-state index in [4.69, 9.17) is 10.2 Å². The SMILES string of the molecule is O=Cc1c(Nc2ccc(NCCCCCCO)cc2)c(O)cc(O)c1Nc1ccc(NCCCCCCO)cc1. The average Bonchev–Trinajstić information content (AvgIpc) is 2.96. The summed E-state index contributed by atoms with van der Waals surface area (Å²) in [5, 5.41) is 51.7. The number of rotatable bonds is 19. The van der Waals surface area contributed by atoms with Crippen LogP contribution in [0.4, 0.5) is 34.1 Å². The van der Waals surface area contributed by atoms with E-state index in [0.717, 1.165) is 75.8 Å². The van der Waals surface area contributed by atoms with Gasteiger partial charge in [-0.15, -0.1) is 0 Å². The van der Waals surface area contributed by atoms with Crippen LogP contribution >= 0.6 is 0 Å². The van der Waals surface area contributed by atoms with Gasteiger partial charge in [0.1, 0.15) is 11.5 Å². The van der Waals surface area contributed by atoms with Gasteiger partial charge in [-0.1, -0.05) is 25.7 Å². The number of carbonyl (C=O) groups excluding carboxylic acids is 1. The van der Waals surface area contributed by atoms with Crippen molar-refractivity contribution in [1.29, 1.82) is 0 Å². The van der Waals surface area contributed by atoms with Crippen molar-refractivity contribution in [1.82, 2.24) is 0 Å². The van der Waals surface area contributed by atoms with E-state index in [1.165, 1.54) is 6.07 Å². The van der Waals surface area contributed by atoms with Crippen molar-refractivity contribution in [2.75, 3.05) is 47.6 Å². The van der Waals surface area contributed by atoms with Gasteiger partial charge in [0, 0.05) is 55.1 Å². The predicted octanol–water partition coefficient (Wildman–Crippen LogP) is 6.33. The first-order valence-corrected chi connectivity index (χ1v) is 14.0. The van der Waals surface area contributed by atoms with Crippen LogP contribution in [0.2, 0.25) is 0 Å². The molecule has 0 bridgehead atoms. The Morgan fingerprint density at radius 3 is 1.30 bits per heavy atom. The number of aromatic hydroxyl groups is 2. The van der Waals surface area contributed by atoms with Crippen LogP contribution in [-0.2, 0) is 0 Å². The molecule has 3 aromatic rings. The fraction of sp³-hybridized carbons (Fsp3) is 0.387. The quantitative estimate of drug-likeness (QED) is 0.0371. The number of aliphatic hydroxyl groups is 2. The number of aliphatic hydroxyl groups excluding tert-OH is 2. The Balaban J connectivity index is 1.62. The summed E-state index contributed by atoms with van der Waals surface area (Å²) in [6.45, 7) is 2.15. The Morgan fingerprint density at radius 2 is 0.925 bits per heavy atom. The Hall–Kier alpha value is -3.95. The summed E-state index contributed by atoms with van der Waals surface area (Å²) in [7, 11) is 0. The summed E-state index contributed by atoms with van der Waals surface area (Å²) in [5.74, 6) is -0.484. The number of phenolic OH excluding ortho intramolecular Hbond substituents is 2. The topological polar surface area (TPSA) is 146 Å². The molecule has 0 saturated carbocycles. The number of benzene rings is 3. The lowest BCUT2D eigenvalue weighted by molar-refractivity contribution is 0.112. The Kier molecular flexibility index (Phi) is 12.9. The number of phenols is 2. The summed E-state index contributed by atoms with van der Waals surface area (Å²) < 4.78 is 0. The molecule has 0 unspecified atom stereocenters. The van der Waals surface area contributed by atoms with E-state index in [1.807, 2.05) is 48.5 Å². The minimum absolute atomic E-state index is 0.104. The maximum atomic E-state index is 12.1. The lowest BCUT2D eigenvalue weighted by Gasteiger charge is -2.18. The molecule has 0 heterocycles. The van der Waals surface area contributed by atoms with E-state index in [1.54, 1.807) is 0 Å². The first-order chi connectivity index (χ1) is 19.5. The highest BCUT2D eigenvalue weighted by Gasteiger charge is 2.18. The Morgan fingerprint density at radius 1 is 0.550 bits per heavy atom. The first kappa shape index (κ1) is 30.6. The highest BCUT2D eigenvalue weighted by molar-refractivity contribution is 5.99. The molecular formula is C31H42N4O5. The number of hydrogen-bond acceptors (Lipinski definition) is 9. The Labute approximate surface area is 236 Å². The molecule has 3 rings (SSSR count). The highest BCUT2D eigenvalue weighted by Crippen LogP contribution is 2.42. The highest BCUT2D eigenvalue weighted by atomic mass is 16.3. The third-order valence-corrected chi connectivity index (χ3v) is 6.58. The second-order valence-corrected chi connectivity index (χ2v) is 9.73. The molecule has 0 aliphatic heterocycles. The molecule has 0 radical (unpaired) electrons. The molecule has 0 spiro atoms. The van der Waals surface area contributed by atoms with Crippen LogP contribution in [0.5, 0.6) is 11.5 Å². The number of hydrogen-bond donors (Lipinski definition) is 8. The third kappa shape index (κ3) is 9.66. The lowest BCUT2D eigenvalue weighted by atomic mass is 10.1. The maximum Gasteiger partial charge on any atom is 0.154 e. The second-order valence-electron chi connectivity index (χ2n) is 9.73. The van der Waals surface area contributed by atoms with Crippen LogP contribution < -0.4 is 21.3 Å². The summed E-state index contributed by atoms with van der Waals surface area (Å²) >= 11 is 0. The van der Waals surface area contributed by atoms with Crippen molar-refractivity contribution in [3.05, 3.63) is 60.2 Å². The number of aldehydes is 1. The summed E-state index contributed by atoms with van der Waals surface area (Å²) in [4.78, 5) is 12.1. The molecule has 0 aromatic heterocycles. The molecule has 0 aliphatic carbocycles. The molecular weight excluding hydrogens is 508 g/mol. The molecule has 9 nitrogen and oxygen atoms in total. The van der Waals surface area contributed by atoms with Crippen LogP contribution in [0, 0.1) is 0 Å². The average molecular weight is 551 g/mol. The number of nitrogens with one attached hydrogen (secondary N) is 4. The summed E-state index contributed by atoms with van der Waals surface area (Å²) in [5.41, 5.74) is 3.76. The van der Waals surface area contributed by atoms with Crippen LogP contribution in [0.3, 0.4) is 0 Å². The van der Waals surface area contributed by atoms with Gasteiger partial charge in [0.2, 0.25) is 0 Å². The van der Waals surface area contributed by atoms with Crippen LogP contribution in [0.25, 0.3) is 0 Å². The minimum atomic E-state index is -0.242. The van der Waals surface area contributed by atoms with Crippen molar-refractivity contribution in [2.45, 2.75) is 51.4 Å². The van der Waals surface area contributed by atoms with Gasteiger partial charge in [-0.2, -0.15) is 0 Å². The van der Waals surface area contributed by atoms with Gasteiger partial charge in [0.05, 0.1) is 16.9 Å². The van der Waals surface area contributed by atoms with E-state index in [-0.39, 0.29) is 41.7 Å². The van der Waals surface area contributed by atoms with Crippen LogP contribution in [0.1, 0.15) is 61.7 Å². The van der Waals surface area contributed by atoms with Crippen molar-refractivity contribution in [3.8, 4) is 11.5 Å². The molecule has 0 aliphatic rings. The molecule has 3 aromatic carbocycles. The summed E-state index contributed by atoms with van der Waals surface area (Å²) in [6.07, 6.45) is 8.47. The molecule has 0 fully saturated rings. The second kappa shape index (κ2) is 16.9. The number of unbranched alkanes of at least 4 members (excludes halogenated alkanes) is 6. The number of anilines is 6. The minimum Gasteiger partial charge on any atom is -0.506 e. The Bertz CT molecular complexity index is 1080. The zero-order chi connectivity index (χ0) is 28.6. The van der Waals surface area contributed by atoms with Crippen molar-refractivity contribution in [3.63, 3.8) is 0 Å². The molecule has 216 valence electrons. The van der Waals surface area contributed by atoms with E-state index in [9.17, 15) is 15.0 Å².